The molecular formula is C25H35FN8O3. The van der Waals surface area contributed by atoms with Crippen molar-refractivity contribution in [1.29, 1.82) is 0 Å². The Kier molecular flexibility index (Phi) is 9.55. The Morgan fingerprint density at radius 2 is 2.19 bits per heavy atom. The van der Waals surface area contributed by atoms with E-state index in [1.807, 2.05) is 4.90 Å². The van der Waals surface area contributed by atoms with Crippen molar-refractivity contribution in [2.75, 3.05) is 50.5 Å². The van der Waals surface area contributed by atoms with E-state index in [9.17, 15) is 14.3 Å². The highest BCUT2D eigenvalue weighted by Crippen LogP contribution is 2.21. The predicted octanol–water partition coefficient (Wildman–Crippen LogP) is 2.67. The summed E-state index contributed by atoms with van der Waals surface area (Å²) in [5, 5.41) is 23.5. The molecule has 2 atom stereocenters. The minimum absolute atomic E-state index is 0.00254. The molecule has 0 radical (unpaired) electrons. The van der Waals surface area contributed by atoms with Crippen LogP contribution in [0.15, 0.2) is 24.7 Å². The number of unbranched alkanes of at least 4 members (excludes halogenated alkanes) is 1. The molecule has 3 aromatic rings. The number of carboxylic acid groups (broad SMARTS) is 1. The van der Waals surface area contributed by atoms with E-state index in [4.69, 9.17) is 9.72 Å². The lowest BCUT2D eigenvalue weighted by atomic mass is 10.1. The van der Waals surface area contributed by atoms with Gasteiger partial charge in [0.2, 0.25) is 0 Å². The van der Waals surface area contributed by atoms with E-state index in [0.717, 1.165) is 50.2 Å². The number of carbonyl (C=O) groups is 1. The molecule has 37 heavy (non-hydrogen) atoms. The highest BCUT2D eigenvalue weighted by molar-refractivity contribution is 5.88. The fourth-order valence-electron chi connectivity index (χ4n) is 4.57. The second kappa shape index (κ2) is 13.2. The molecule has 4 rings (SSSR count). The van der Waals surface area contributed by atoms with Gasteiger partial charge in [-0.2, -0.15) is 5.10 Å². The molecule has 12 heteroatoms. The molecular weight excluding hydrogens is 479 g/mol. The molecule has 1 aliphatic rings. The molecule has 4 N–H and O–H groups in total. The molecule has 0 unspecified atom stereocenters. The lowest BCUT2D eigenvalue weighted by molar-refractivity contribution is -0.138. The topological polar surface area (TPSA) is 141 Å². The highest BCUT2D eigenvalue weighted by Gasteiger charge is 2.22. The lowest BCUT2D eigenvalue weighted by Crippen LogP contribution is -2.38. The van der Waals surface area contributed by atoms with E-state index in [1.54, 1.807) is 6.20 Å². The van der Waals surface area contributed by atoms with Crippen LogP contribution in [0.2, 0.25) is 0 Å². The number of anilines is 2. The van der Waals surface area contributed by atoms with E-state index >= 15 is 0 Å². The van der Waals surface area contributed by atoms with Crippen LogP contribution < -0.4 is 10.6 Å². The summed E-state index contributed by atoms with van der Waals surface area (Å²) in [6, 6.07) is 3.35. The van der Waals surface area contributed by atoms with E-state index in [2.05, 4.69) is 42.9 Å². The third-order valence-electron chi connectivity index (χ3n) is 6.50. The van der Waals surface area contributed by atoms with Crippen LogP contribution in [0.4, 0.5) is 16.0 Å². The number of nitrogens with one attached hydrogen (secondary N) is 3. The number of hydrogen-bond donors (Lipinski definition) is 4. The zero-order valence-corrected chi connectivity index (χ0v) is 21.1. The van der Waals surface area contributed by atoms with Gasteiger partial charge in [0.15, 0.2) is 5.65 Å². The number of nitrogens with zero attached hydrogens (tertiary/aromatic N) is 5. The summed E-state index contributed by atoms with van der Waals surface area (Å²) in [5.74, 6) is 0.386. The Morgan fingerprint density at radius 3 is 3.03 bits per heavy atom. The van der Waals surface area contributed by atoms with E-state index in [-0.39, 0.29) is 19.6 Å². The highest BCUT2D eigenvalue weighted by atomic mass is 19.1. The molecule has 4 heterocycles. The summed E-state index contributed by atoms with van der Waals surface area (Å²) in [7, 11) is 1.47. The third-order valence-corrected chi connectivity index (χ3v) is 6.50. The number of pyridine rings is 1. The molecule has 1 aliphatic heterocycles. The van der Waals surface area contributed by atoms with Gasteiger partial charge in [0.1, 0.15) is 30.2 Å². The van der Waals surface area contributed by atoms with Gasteiger partial charge in [-0.05, 0) is 56.7 Å². The Hall–Kier alpha value is -3.38. The number of aliphatic carboxylic acids is 1. The molecule has 0 fully saturated rings. The average molecular weight is 515 g/mol. The number of hydrogen-bond acceptors (Lipinski definition) is 9. The molecule has 0 bridgehead atoms. The zero-order chi connectivity index (χ0) is 26.0. The maximum atomic E-state index is 14.4. The first-order chi connectivity index (χ1) is 18.0. The SMILES string of the molecule is COC[C@@H](F)CN(CCCCc1ccc2c(n1)NCCC2)CC[C@H](Nc1ncnc2[nH]ncc12)C(=O)O. The average Bonchev–Trinajstić information content (AvgIpc) is 3.38. The van der Waals surface area contributed by atoms with Gasteiger partial charge < -0.3 is 25.4 Å². The van der Waals surface area contributed by atoms with Crippen LogP contribution in [0, 0.1) is 0 Å². The van der Waals surface area contributed by atoms with Gasteiger partial charge in [-0.3, -0.25) is 5.10 Å². The van der Waals surface area contributed by atoms with Crippen LogP contribution in [-0.4, -0.2) is 93.2 Å². The second-order valence-corrected chi connectivity index (χ2v) is 9.33. The number of fused-ring (bicyclic) bond motifs is 2. The molecule has 0 spiro atoms. The number of carboxylic acids is 1. The molecule has 11 nitrogen and oxygen atoms in total. The van der Waals surface area contributed by atoms with Crippen LogP contribution in [0.5, 0.6) is 0 Å². The largest absolute Gasteiger partial charge is 0.480 e. The maximum absolute atomic E-state index is 14.4. The van der Waals surface area contributed by atoms with Crippen LogP contribution in [-0.2, 0) is 22.4 Å². The summed E-state index contributed by atoms with van der Waals surface area (Å²) in [5.41, 5.74) is 2.84. The van der Waals surface area contributed by atoms with Crippen molar-refractivity contribution in [3.63, 3.8) is 0 Å². The number of halogens is 1. The number of rotatable bonds is 15. The molecule has 0 saturated carbocycles. The number of H-pyrrole nitrogens is 1. The Bertz CT molecular complexity index is 1160. The van der Waals surface area contributed by atoms with Crippen LogP contribution in [0.25, 0.3) is 11.0 Å². The first-order valence-corrected chi connectivity index (χ1v) is 12.7. The summed E-state index contributed by atoms with van der Waals surface area (Å²) in [4.78, 5) is 26.9. The van der Waals surface area contributed by atoms with Gasteiger partial charge in [0.25, 0.3) is 0 Å². The second-order valence-electron chi connectivity index (χ2n) is 9.33. The molecule has 0 amide bonds. The Morgan fingerprint density at radius 1 is 1.30 bits per heavy atom. The van der Waals surface area contributed by atoms with Crippen molar-refractivity contribution in [3.05, 3.63) is 35.9 Å². The minimum atomic E-state index is -1.15. The maximum Gasteiger partial charge on any atom is 0.326 e. The smallest absolute Gasteiger partial charge is 0.326 e. The van der Waals surface area contributed by atoms with Gasteiger partial charge in [0.05, 0.1) is 18.2 Å². The zero-order valence-electron chi connectivity index (χ0n) is 21.1. The van der Waals surface area contributed by atoms with Crippen molar-refractivity contribution in [2.24, 2.45) is 0 Å². The summed E-state index contributed by atoms with van der Waals surface area (Å²) in [6.45, 7) is 2.21. The van der Waals surface area contributed by atoms with E-state index in [0.29, 0.717) is 29.9 Å². The first-order valence-electron chi connectivity index (χ1n) is 12.7. The van der Waals surface area contributed by atoms with E-state index < -0.39 is 18.2 Å². The Labute approximate surface area is 215 Å². The van der Waals surface area contributed by atoms with Gasteiger partial charge in [-0.25, -0.2) is 24.1 Å². The molecule has 3 aromatic heterocycles. The quantitative estimate of drug-likeness (QED) is 0.224. The fraction of sp³-hybridized carbons (Fsp3) is 0.560. The summed E-state index contributed by atoms with van der Waals surface area (Å²) < 4.78 is 19.4. The van der Waals surface area contributed by atoms with Gasteiger partial charge in [-0.15, -0.1) is 0 Å². The number of aromatic amines is 1. The lowest BCUT2D eigenvalue weighted by Gasteiger charge is -2.26. The normalized spacial score (nSPS) is 14.8. The van der Waals surface area contributed by atoms with Crippen molar-refractivity contribution in [3.8, 4) is 0 Å². The van der Waals surface area contributed by atoms with Crippen molar-refractivity contribution < 1.29 is 19.0 Å². The van der Waals surface area contributed by atoms with Gasteiger partial charge in [-0.1, -0.05) is 6.07 Å². The monoisotopic (exact) mass is 514 g/mol. The standard InChI is InChI=1S/C25H35FN8O3/c1-37-15-18(26)14-34(11-3-2-6-19-8-7-17-5-4-10-27-22(17)31-19)12-9-21(25(35)36)32-23-20-13-30-33-24(20)29-16-28-23/h7-8,13,16,18,21H,2-6,9-12,14-15H2,1H3,(H,27,31)(H,35,36)(H2,28,29,30,32,33)/t18-,21-/m0/s1. The fourth-order valence-corrected chi connectivity index (χ4v) is 4.57. The van der Waals surface area contributed by atoms with Crippen molar-refractivity contribution in [1.82, 2.24) is 30.0 Å². The third kappa shape index (κ3) is 7.56. The predicted molar refractivity (Wildman–Crippen MR) is 139 cm³/mol. The number of ether oxygens (including phenoxy) is 1. The molecule has 0 aromatic carbocycles. The molecule has 200 valence electrons. The summed E-state index contributed by atoms with van der Waals surface area (Å²) >= 11 is 0. The number of methoxy groups -OCH3 is 1. The van der Waals surface area contributed by atoms with Crippen LogP contribution in [0.1, 0.15) is 36.9 Å². The van der Waals surface area contributed by atoms with E-state index in [1.165, 1.54) is 19.0 Å². The first kappa shape index (κ1) is 26.7. The Balaban J connectivity index is 1.31. The van der Waals surface area contributed by atoms with Crippen molar-refractivity contribution in [2.45, 2.75) is 50.7 Å². The molecule has 0 aliphatic carbocycles. The van der Waals surface area contributed by atoms with Gasteiger partial charge >= 0.3 is 5.97 Å². The van der Waals surface area contributed by atoms with Crippen LogP contribution >= 0.6 is 0 Å². The molecule has 0 saturated heterocycles. The van der Waals surface area contributed by atoms with Crippen LogP contribution in [0.3, 0.4) is 0 Å². The minimum Gasteiger partial charge on any atom is -0.480 e. The van der Waals surface area contributed by atoms with Gasteiger partial charge in [0, 0.05) is 32.4 Å². The number of alkyl halides is 1. The number of aromatic nitrogens is 5. The van der Waals surface area contributed by atoms with Crippen molar-refractivity contribution >= 4 is 28.6 Å². The number of aryl methyl sites for hydroxylation is 2. The summed E-state index contributed by atoms with van der Waals surface area (Å²) in [6.07, 6.45) is 6.81.